The molecule has 6 nitrogen and oxygen atoms in total. The molecule has 2 aromatic carbocycles. The zero-order chi connectivity index (χ0) is 20.4. The van der Waals surface area contributed by atoms with E-state index in [0.717, 1.165) is 11.0 Å². The zero-order valence-corrected chi connectivity index (χ0v) is 15.2. The van der Waals surface area contributed by atoms with Crippen LogP contribution in [-0.2, 0) is 11.0 Å². The van der Waals surface area contributed by atoms with Crippen molar-refractivity contribution in [3.8, 4) is 5.75 Å². The van der Waals surface area contributed by atoms with Crippen LogP contribution in [0.5, 0.6) is 5.75 Å². The Bertz CT molecular complexity index is 915. The van der Waals surface area contributed by atoms with Crippen LogP contribution in [0.15, 0.2) is 30.3 Å². The molecule has 3 N–H and O–H groups in total. The number of nitrogens with zero attached hydrogens (tertiary/aromatic N) is 1. The summed E-state index contributed by atoms with van der Waals surface area (Å²) < 4.78 is 45.7. The molecule has 0 saturated heterocycles. The number of alkyl halides is 3. The molecular formula is C17H16F3N3O3S. The number of imide groups is 1. The van der Waals surface area contributed by atoms with Crippen LogP contribution >= 0.6 is 12.2 Å². The van der Waals surface area contributed by atoms with E-state index in [1.165, 1.54) is 32.4 Å². The van der Waals surface area contributed by atoms with Crippen molar-refractivity contribution in [2.75, 3.05) is 20.7 Å². The van der Waals surface area contributed by atoms with Gasteiger partial charge in [-0.1, -0.05) is 18.3 Å². The lowest BCUT2D eigenvalue weighted by atomic mass is 9.97. The number of carbonyl (C=O) groups is 2. The standard InChI is InChI=1S/C17H16F3N3O3S/c1-23(8-13(24)22-16(21)25)15(27)14-11-5-4-10(26-2)7-9(11)3-6-12(14)17(18,19)20/h3-7H,8H2,1-2H3,(H3,21,22,24,25). The molecule has 0 aromatic heterocycles. The van der Waals surface area contributed by atoms with Gasteiger partial charge in [0.1, 0.15) is 10.7 Å². The third-order valence-corrected chi connectivity index (χ3v) is 4.25. The monoisotopic (exact) mass is 399 g/mol. The number of urea groups is 1. The zero-order valence-electron chi connectivity index (χ0n) is 14.4. The Kier molecular flexibility index (Phi) is 5.89. The average Bonchev–Trinajstić information content (AvgIpc) is 2.57. The van der Waals surface area contributed by atoms with Crippen molar-refractivity contribution in [3.63, 3.8) is 0 Å². The third kappa shape index (κ3) is 4.64. The lowest BCUT2D eigenvalue weighted by molar-refractivity contribution is -0.137. The Morgan fingerprint density at radius 2 is 1.93 bits per heavy atom. The van der Waals surface area contributed by atoms with Crippen molar-refractivity contribution in [3.05, 3.63) is 41.5 Å². The number of amides is 3. The fourth-order valence-electron chi connectivity index (χ4n) is 2.56. The second kappa shape index (κ2) is 7.78. The van der Waals surface area contributed by atoms with Gasteiger partial charge in [-0.25, -0.2) is 4.79 Å². The molecule has 0 unspecified atom stereocenters. The molecule has 27 heavy (non-hydrogen) atoms. The minimum Gasteiger partial charge on any atom is -0.497 e. The SMILES string of the molecule is COc1ccc2c(C(=S)N(C)CC(=O)NC(N)=O)c(C(F)(F)F)ccc2c1. The topological polar surface area (TPSA) is 84.7 Å². The van der Waals surface area contributed by atoms with Crippen molar-refractivity contribution < 1.29 is 27.5 Å². The number of nitrogens with two attached hydrogens (primary N) is 1. The number of nitrogens with one attached hydrogen (secondary N) is 1. The summed E-state index contributed by atoms with van der Waals surface area (Å²) in [6.07, 6.45) is -4.65. The van der Waals surface area contributed by atoms with Gasteiger partial charge < -0.3 is 15.4 Å². The number of likely N-dealkylation sites (N-methyl/N-ethyl adjacent to an activating group) is 1. The summed E-state index contributed by atoms with van der Waals surface area (Å²) in [5, 5.41) is 2.59. The Balaban J connectivity index is 2.54. The van der Waals surface area contributed by atoms with Gasteiger partial charge in [0.05, 0.1) is 19.2 Å². The molecule has 0 spiro atoms. The molecule has 0 saturated carbocycles. The van der Waals surface area contributed by atoms with Crippen molar-refractivity contribution in [1.29, 1.82) is 0 Å². The Labute approximate surface area is 158 Å². The number of halogens is 3. The summed E-state index contributed by atoms with van der Waals surface area (Å²) >= 11 is 5.22. The van der Waals surface area contributed by atoms with Crippen LogP contribution < -0.4 is 15.8 Å². The van der Waals surface area contributed by atoms with E-state index in [2.05, 4.69) is 0 Å². The van der Waals surface area contributed by atoms with Gasteiger partial charge in [0.2, 0.25) is 5.91 Å². The van der Waals surface area contributed by atoms with Gasteiger partial charge in [-0.3, -0.25) is 10.1 Å². The average molecular weight is 399 g/mol. The number of methoxy groups -OCH3 is 1. The summed E-state index contributed by atoms with van der Waals surface area (Å²) in [5.41, 5.74) is 3.70. The highest BCUT2D eigenvalue weighted by molar-refractivity contribution is 7.80. The maximum Gasteiger partial charge on any atom is 0.417 e. The molecule has 144 valence electrons. The number of ether oxygens (including phenoxy) is 1. The number of fused-ring (bicyclic) bond motifs is 1. The first-order chi connectivity index (χ1) is 12.5. The highest BCUT2D eigenvalue weighted by atomic mass is 32.1. The molecule has 0 aliphatic rings. The highest BCUT2D eigenvalue weighted by Crippen LogP contribution is 2.37. The number of thiocarbonyl (C=S) groups is 1. The molecule has 0 atom stereocenters. The normalized spacial score (nSPS) is 11.1. The summed E-state index contributed by atoms with van der Waals surface area (Å²) in [7, 11) is 2.80. The second-order valence-corrected chi connectivity index (χ2v) is 6.03. The Morgan fingerprint density at radius 1 is 1.26 bits per heavy atom. The molecule has 10 heteroatoms. The molecule has 0 heterocycles. The molecule has 2 aromatic rings. The van der Waals surface area contributed by atoms with Crippen molar-refractivity contribution >= 4 is 39.9 Å². The molecule has 0 bridgehead atoms. The van der Waals surface area contributed by atoms with E-state index < -0.39 is 30.2 Å². The van der Waals surface area contributed by atoms with Gasteiger partial charge in [-0.05, 0) is 35.0 Å². The van der Waals surface area contributed by atoms with E-state index in [-0.39, 0.29) is 15.9 Å². The van der Waals surface area contributed by atoms with Gasteiger partial charge in [0, 0.05) is 12.6 Å². The molecule has 0 radical (unpaired) electrons. The van der Waals surface area contributed by atoms with Gasteiger partial charge in [0.15, 0.2) is 0 Å². The summed E-state index contributed by atoms with van der Waals surface area (Å²) in [5.74, 6) is -0.309. The van der Waals surface area contributed by atoms with Crippen molar-refractivity contribution in [2.24, 2.45) is 5.73 Å². The second-order valence-electron chi connectivity index (χ2n) is 5.65. The number of primary amides is 1. The first kappa shape index (κ1) is 20.4. The third-order valence-electron chi connectivity index (χ3n) is 3.74. The lowest BCUT2D eigenvalue weighted by Gasteiger charge is -2.23. The fraction of sp³-hybridized carbons (Fsp3) is 0.235. The Morgan fingerprint density at radius 3 is 2.48 bits per heavy atom. The molecule has 0 aliphatic heterocycles. The van der Waals surface area contributed by atoms with E-state index in [9.17, 15) is 22.8 Å². The largest absolute Gasteiger partial charge is 0.497 e. The van der Waals surface area contributed by atoms with Crippen LogP contribution in [0.3, 0.4) is 0 Å². The first-order valence-corrected chi connectivity index (χ1v) is 7.98. The van der Waals surface area contributed by atoms with E-state index in [4.69, 9.17) is 22.7 Å². The van der Waals surface area contributed by atoms with E-state index >= 15 is 0 Å². The van der Waals surface area contributed by atoms with Crippen molar-refractivity contribution in [2.45, 2.75) is 6.18 Å². The number of carbonyl (C=O) groups excluding carboxylic acids is 2. The minimum atomic E-state index is -4.65. The van der Waals surface area contributed by atoms with Crippen molar-refractivity contribution in [1.82, 2.24) is 10.2 Å². The van der Waals surface area contributed by atoms with Gasteiger partial charge in [-0.15, -0.1) is 0 Å². The van der Waals surface area contributed by atoms with Gasteiger partial charge in [0.25, 0.3) is 0 Å². The maximum atomic E-state index is 13.5. The van der Waals surface area contributed by atoms with Crippen LogP contribution in [0.2, 0.25) is 0 Å². The molecule has 0 fully saturated rings. The van der Waals surface area contributed by atoms with Crippen LogP contribution in [0.1, 0.15) is 11.1 Å². The maximum absolute atomic E-state index is 13.5. The number of rotatable bonds is 4. The van der Waals surface area contributed by atoms with Crippen LogP contribution in [0.4, 0.5) is 18.0 Å². The van der Waals surface area contributed by atoms with E-state index in [1.54, 1.807) is 6.07 Å². The quantitative estimate of drug-likeness (QED) is 0.773. The van der Waals surface area contributed by atoms with Crippen LogP contribution in [0.25, 0.3) is 10.8 Å². The van der Waals surface area contributed by atoms with Gasteiger partial charge >= 0.3 is 12.2 Å². The van der Waals surface area contributed by atoms with E-state index in [0.29, 0.717) is 11.1 Å². The minimum absolute atomic E-state index is 0.197. The van der Waals surface area contributed by atoms with Crippen LogP contribution in [0, 0.1) is 0 Å². The molecule has 2 rings (SSSR count). The lowest BCUT2D eigenvalue weighted by Crippen LogP contribution is -2.43. The smallest absolute Gasteiger partial charge is 0.417 e. The highest BCUT2D eigenvalue weighted by Gasteiger charge is 2.36. The summed E-state index contributed by atoms with van der Waals surface area (Å²) in [4.78, 5) is 23.4. The van der Waals surface area contributed by atoms with E-state index in [1.807, 2.05) is 5.32 Å². The molecular weight excluding hydrogens is 383 g/mol. The first-order valence-electron chi connectivity index (χ1n) is 7.57. The number of hydrogen-bond acceptors (Lipinski definition) is 4. The predicted octanol–water partition coefficient (Wildman–Crippen LogP) is 2.67. The summed E-state index contributed by atoms with van der Waals surface area (Å²) in [6, 6.07) is 5.78. The fourth-order valence-corrected chi connectivity index (χ4v) is 2.84. The number of hydrogen-bond donors (Lipinski definition) is 2. The Hall–Kier alpha value is -2.88. The van der Waals surface area contributed by atoms with Gasteiger partial charge in [-0.2, -0.15) is 13.2 Å². The predicted molar refractivity (Wildman–Crippen MR) is 97.6 cm³/mol. The number of benzene rings is 2. The summed E-state index contributed by atoms with van der Waals surface area (Å²) in [6.45, 7) is -0.439. The van der Waals surface area contributed by atoms with Crippen LogP contribution in [-0.4, -0.2) is 42.5 Å². The molecule has 3 amide bonds. The molecule has 0 aliphatic carbocycles.